The van der Waals surface area contributed by atoms with Gasteiger partial charge in [0.15, 0.2) is 5.78 Å². The van der Waals surface area contributed by atoms with Crippen molar-refractivity contribution in [1.29, 1.82) is 0 Å². The van der Waals surface area contributed by atoms with Crippen LogP contribution in [0.4, 0.5) is 11.4 Å². The number of anilines is 2. The number of hydrogen-bond donors (Lipinski definition) is 2. The van der Waals surface area contributed by atoms with E-state index in [1.807, 2.05) is 0 Å². The molecule has 0 bridgehead atoms. The molecule has 4 aromatic carbocycles. The maximum atomic E-state index is 13.1. The summed E-state index contributed by atoms with van der Waals surface area (Å²) in [6.07, 6.45) is 0. The van der Waals surface area contributed by atoms with Crippen molar-refractivity contribution in [3.05, 3.63) is 123 Å². The molecule has 0 aliphatic rings. The number of ketones is 1. The molecule has 0 saturated heterocycles. The van der Waals surface area contributed by atoms with Crippen LogP contribution in [0.1, 0.15) is 26.3 Å². The van der Waals surface area contributed by atoms with E-state index in [1.54, 1.807) is 30.3 Å². The van der Waals surface area contributed by atoms with Gasteiger partial charge in [-0.05, 0) is 78.9 Å². The highest BCUT2D eigenvalue weighted by atomic mass is 35.5. The molecule has 4 rings (SSSR count). The summed E-state index contributed by atoms with van der Waals surface area (Å²) in [4.78, 5) is 26.0. The van der Waals surface area contributed by atoms with Crippen LogP contribution in [-0.4, -0.2) is 20.1 Å². The molecule has 0 fully saturated rings. The lowest BCUT2D eigenvalue weighted by molar-refractivity contribution is 0.102. The molecule has 10 heteroatoms. The largest absolute Gasteiger partial charge is 0.321 e. The van der Waals surface area contributed by atoms with Gasteiger partial charge in [0.2, 0.25) is 0 Å². The summed E-state index contributed by atoms with van der Waals surface area (Å²) in [5.41, 5.74) is 1.21. The fraction of sp³-hybridized carbons (Fsp3) is 0. The zero-order valence-electron chi connectivity index (χ0n) is 18.3. The molecule has 1 amide bonds. The number of hydrogen-bond acceptors (Lipinski definition) is 4. The van der Waals surface area contributed by atoms with E-state index in [-0.39, 0.29) is 38.0 Å². The van der Waals surface area contributed by atoms with Gasteiger partial charge in [0.1, 0.15) is 0 Å². The van der Waals surface area contributed by atoms with Crippen molar-refractivity contribution in [2.75, 3.05) is 10.0 Å². The van der Waals surface area contributed by atoms with Crippen LogP contribution in [0, 0.1) is 0 Å². The normalized spacial score (nSPS) is 11.1. The van der Waals surface area contributed by atoms with Gasteiger partial charge in [0, 0.05) is 32.4 Å². The highest BCUT2D eigenvalue weighted by Gasteiger charge is 2.19. The summed E-state index contributed by atoms with van der Waals surface area (Å²) >= 11 is 18.1. The molecule has 0 aliphatic carbocycles. The summed E-state index contributed by atoms with van der Waals surface area (Å²) in [5.74, 6) is -0.900. The topological polar surface area (TPSA) is 92.3 Å². The summed E-state index contributed by atoms with van der Waals surface area (Å²) in [6, 6.07) is 22.7. The first-order chi connectivity index (χ1) is 17.1. The molecule has 182 valence electrons. The standard InChI is InChI=1S/C26H17Cl3N2O4S/c27-17-7-12-20(13-8-17)36(34,35)31-19-10-5-16(6-11-19)26(33)30-24-14-9-18(28)15-22(24)25(32)21-3-1-2-4-23(21)29/h1-15,31H,(H,30,33). The molecule has 0 aliphatic heterocycles. The van der Waals surface area contributed by atoms with Gasteiger partial charge in [-0.1, -0.05) is 46.9 Å². The highest BCUT2D eigenvalue weighted by Crippen LogP contribution is 2.27. The zero-order valence-corrected chi connectivity index (χ0v) is 21.4. The molecule has 0 unspecified atom stereocenters. The van der Waals surface area contributed by atoms with Crippen molar-refractivity contribution in [2.24, 2.45) is 0 Å². The first kappa shape index (κ1) is 25.7. The molecule has 6 nitrogen and oxygen atoms in total. The van der Waals surface area contributed by atoms with Crippen LogP contribution >= 0.6 is 34.8 Å². The first-order valence-electron chi connectivity index (χ1n) is 10.4. The number of carbonyl (C=O) groups excluding carboxylic acids is 2. The molecule has 0 spiro atoms. The molecular weight excluding hydrogens is 543 g/mol. The van der Waals surface area contributed by atoms with Crippen molar-refractivity contribution in [3.63, 3.8) is 0 Å². The number of benzene rings is 4. The number of nitrogens with one attached hydrogen (secondary N) is 2. The Kier molecular flexibility index (Phi) is 7.66. The lowest BCUT2D eigenvalue weighted by Crippen LogP contribution is -2.16. The minimum absolute atomic E-state index is 0.0483. The summed E-state index contributed by atoms with van der Waals surface area (Å²) < 4.78 is 27.6. The van der Waals surface area contributed by atoms with Crippen LogP contribution in [0.5, 0.6) is 0 Å². The van der Waals surface area contributed by atoms with Crippen LogP contribution in [-0.2, 0) is 10.0 Å². The summed E-state index contributed by atoms with van der Waals surface area (Å²) in [7, 11) is -3.83. The molecule has 0 radical (unpaired) electrons. The molecule has 0 aromatic heterocycles. The highest BCUT2D eigenvalue weighted by molar-refractivity contribution is 7.92. The fourth-order valence-electron chi connectivity index (χ4n) is 3.32. The van der Waals surface area contributed by atoms with Crippen LogP contribution < -0.4 is 10.0 Å². The average Bonchev–Trinajstić information content (AvgIpc) is 2.85. The first-order valence-corrected chi connectivity index (χ1v) is 13.0. The second-order valence-electron chi connectivity index (χ2n) is 7.59. The number of halogens is 3. The van der Waals surface area contributed by atoms with E-state index < -0.39 is 21.7 Å². The second-order valence-corrected chi connectivity index (χ2v) is 10.6. The van der Waals surface area contributed by atoms with Crippen molar-refractivity contribution >= 4 is 67.9 Å². The van der Waals surface area contributed by atoms with Crippen LogP contribution in [0.25, 0.3) is 0 Å². The Morgan fingerprint density at radius 1 is 0.694 bits per heavy atom. The van der Waals surface area contributed by atoms with E-state index in [1.165, 1.54) is 60.7 Å². The maximum Gasteiger partial charge on any atom is 0.261 e. The number of sulfonamides is 1. The van der Waals surface area contributed by atoms with Gasteiger partial charge >= 0.3 is 0 Å². The third-order valence-electron chi connectivity index (χ3n) is 5.12. The zero-order chi connectivity index (χ0) is 25.9. The Balaban J connectivity index is 1.53. The quantitative estimate of drug-likeness (QED) is 0.240. The Morgan fingerprint density at radius 3 is 2.00 bits per heavy atom. The number of carbonyl (C=O) groups is 2. The molecule has 36 heavy (non-hydrogen) atoms. The van der Waals surface area contributed by atoms with Crippen molar-refractivity contribution in [3.8, 4) is 0 Å². The molecule has 0 saturated carbocycles. The summed E-state index contributed by atoms with van der Waals surface area (Å²) in [6.45, 7) is 0. The second kappa shape index (κ2) is 10.7. The smallest absolute Gasteiger partial charge is 0.261 e. The maximum absolute atomic E-state index is 13.1. The third-order valence-corrected chi connectivity index (χ3v) is 7.33. The van der Waals surface area contributed by atoms with Crippen LogP contribution in [0.2, 0.25) is 15.1 Å². The van der Waals surface area contributed by atoms with Gasteiger partial charge in [-0.15, -0.1) is 0 Å². The van der Waals surface area contributed by atoms with Gasteiger partial charge in [-0.25, -0.2) is 8.42 Å². The van der Waals surface area contributed by atoms with Crippen LogP contribution in [0.15, 0.2) is 95.9 Å². The van der Waals surface area contributed by atoms with Crippen molar-refractivity contribution in [2.45, 2.75) is 4.90 Å². The van der Waals surface area contributed by atoms with E-state index in [0.29, 0.717) is 10.0 Å². The van der Waals surface area contributed by atoms with E-state index in [4.69, 9.17) is 34.8 Å². The van der Waals surface area contributed by atoms with Crippen molar-refractivity contribution < 1.29 is 18.0 Å². The lowest BCUT2D eigenvalue weighted by Gasteiger charge is -2.13. The van der Waals surface area contributed by atoms with Gasteiger partial charge in [0.25, 0.3) is 15.9 Å². The van der Waals surface area contributed by atoms with E-state index in [2.05, 4.69) is 10.0 Å². The van der Waals surface area contributed by atoms with Gasteiger partial charge < -0.3 is 5.32 Å². The minimum Gasteiger partial charge on any atom is -0.321 e. The number of rotatable bonds is 7. The van der Waals surface area contributed by atoms with E-state index >= 15 is 0 Å². The van der Waals surface area contributed by atoms with Crippen molar-refractivity contribution in [1.82, 2.24) is 0 Å². The predicted octanol–water partition coefficient (Wildman–Crippen LogP) is 6.93. The van der Waals surface area contributed by atoms with Gasteiger partial charge in [0.05, 0.1) is 15.6 Å². The SMILES string of the molecule is O=C(Nc1ccc(Cl)cc1C(=O)c1ccccc1Cl)c1ccc(NS(=O)(=O)c2ccc(Cl)cc2)cc1. The molecule has 0 heterocycles. The fourth-order valence-corrected chi connectivity index (χ4v) is 4.89. The Bertz CT molecular complexity index is 1560. The molecule has 4 aromatic rings. The predicted molar refractivity (Wildman–Crippen MR) is 143 cm³/mol. The Morgan fingerprint density at radius 2 is 1.33 bits per heavy atom. The van der Waals surface area contributed by atoms with Crippen LogP contribution in [0.3, 0.4) is 0 Å². The summed E-state index contributed by atoms with van der Waals surface area (Å²) in [5, 5.41) is 3.72. The average molecular weight is 560 g/mol. The van der Waals surface area contributed by atoms with E-state index in [0.717, 1.165) is 0 Å². The Labute approximate surface area is 222 Å². The molecule has 0 atom stereocenters. The third kappa shape index (κ3) is 5.88. The van der Waals surface area contributed by atoms with E-state index in [9.17, 15) is 18.0 Å². The van der Waals surface area contributed by atoms with Gasteiger partial charge in [-0.3, -0.25) is 14.3 Å². The minimum atomic E-state index is -3.83. The lowest BCUT2D eigenvalue weighted by atomic mass is 10.0. The molecule has 2 N–H and O–H groups in total. The van der Waals surface area contributed by atoms with Gasteiger partial charge in [-0.2, -0.15) is 0 Å². The number of amides is 1. The monoisotopic (exact) mass is 558 g/mol. The Hall–Kier alpha value is -3.36. The molecular formula is C26H17Cl3N2O4S.